The summed E-state index contributed by atoms with van der Waals surface area (Å²) < 4.78 is 11.3. The van der Waals surface area contributed by atoms with Gasteiger partial charge in [-0.15, -0.1) is 0 Å². The maximum Gasteiger partial charge on any atom is 0.161 e. The number of rotatable bonds is 7. The molecule has 4 rings (SSSR count). The number of allylic oxidation sites excluding steroid dienone is 4. The summed E-state index contributed by atoms with van der Waals surface area (Å²) in [6.45, 7) is 7.07. The van der Waals surface area contributed by atoms with Crippen LogP contribution >= 0.6 is 0 Å². The number of Topliss-reactive ketones (excluding diaryl/α,β-unsaturated/α-hetero) is 2. The first-order valence-electron chi connectivity index (χ1n) is 11.3. The SMILES string of the molecule is C=CCOc1ccc(C2C3=C(CCCC3=O)N(CCC)C3=C2C(=O)CCC3)cc1OC. The number of benzene rings is 1. The van der Waals surface area contributed by atoms with Crippen molar-refractivity contribution in [2.24, 2.45) is 0 Å². The first-order chi connectivity index (χ1) is 15.1. The number of hydrogen-bond donors (Lipinski definition) is 0. The van der Waals surface area contributed by atoms with Gasteiger partial charge in [0.1, 0.15) is 6.61 Å². The minimum absolute atomic E-state index is 0.170. The summed E-state index contributed by atoms with van der Waals surface area (Å²) in [6.07, 6.45) is 7.28. The Morgan fingerprint density at radius 2 is 1.68 bits per heavy atom. The van der Waals surface area contributed by atoms with E-state index in [4.69, 9.17) is 9.47 Å². The molecule has 1 aromatic rings. The van der Waals surface area contributed by atoms with E-state index in [0.29, 0.717) is 30.9 Å². The number of carbonyl (C=O) groups is 2. The van der Waals surface area contributed by atoms with E-state index >= 15 is 0 Å². The minimum Gasteiger partial charge on any atom is -0.493 e. The zero-order valence-corrected chi connectivity index (χ0v) is 18.5. The van der Waals surface area contributed by atoms with E-state index in [9.17, 15) is 9.59 Å². The lowest BCUT2D eigenvalue weighted by Gasteiger charge is -2.44. The number of methoxy groups -OCH3 is 1. The van der Waals surface area contributed by atoms with E-state index < -0.39 is 0 Å². The van der Waals surface area contributed by atoms with Crippen molar-refractivity contribution < 1.29 is 19.1 Å². The largest absolute Gasteiger partial charge is 0.493 e. The number of hydrogen-bond acceptors (Lipinski definition) is 5. The molecule has 0 saturated heterocycles. The molecule has 0 aromatic heterocycles. The molecule has 31 heavy (non-hydrogen) atoms. The summed E-state index contributed by atoms with van der Waals surface area (Å²) >= 11 is 0. The third kappa shape index (κ3) is 3.82. The van der Waals surface area contributed by atoms with Gasteiger partial charge in [0.2, 0.25) is 0 Å². The van der Waals surface area contributed by atoms with Crippen LogP contribution < -0.4 is 9.47 Å². The summed E-state index contributed by atoms with van der Waals surface area (Å²) in [5.74, 6) is 1.25. The predicted molar refractivity (Wildman–Crippen MR) is 120 cm³/mol. The van der Waals surface area contributed by atoms with Crippen LogP contribution in [0, 0.1) is 0 Å². The van der Waals surface area contributed by atoms with Crippen LogP contribution in [0.2, 0.25) is 0 Å². The van der Waals surface area contributed by atoms with E-state index in [-0.39, 0.29) is 17.5 Å². The summed E-state index contributed by atoms with van der Waals surface area (Å²) in [4.78, 5) is 28.7. The fraction of sp³-hybridized carbons (Fsp3) is 0.462. The van der Waals surface area contributed by atoms with Crippen molar-refractivity contribution in [3.8, 4) is 11.5 Å². The van der Waals surface area contributed by atoms with Crippen LogP contribution in [0.15, 0.2) is 53.4 Å². The van der Waals surface area contributed by atoms with Crippen LogP contribution in [0.4, 0.5) is 0 Å². The van der Waals surface area contributed by atoms with Gasteiger partial charge in [0, 0.05) is 47.8 Å². The van der Waals surface area contributed by atoms with Crippen molar-refractivity contribution in [3.05, 3.63) is 59.0 Å². The number of ether oxygens (including phenoxy) is 2. The van der Waals surface area contributed by atoms with E-state index in [1.54, 1.807) is 13.2 Å². The van der Waals surface area contributed by atoms with Crippen molar-refractivity contribution in [1.82, 2.24) is 4.90 Å². The van der Waals surface area contributed by atoms with Gasteiger partial charge in [0.25, 0.3) is 0 Å². The van der Waals surface area contributed by atoms with Crippen LogP contribution in [-0.2, 0) is 9.59 Å². The maximum absolute atomic E-state index is 13.2. The second kappa shape index (κ2) is 9.13. The summed E-state index contributed by atoms with van der Waals surface area (Å²) in [5, 5.41) is 0. The molecule has 0 unspecified atom stereocenters. The Kier molecular flexibility index (Phi) is 6.30. The van der Waals surface area contributed by atoms with Gasteiger partial charge in [-0.1, -0.05) is 25.6 Å². The fourth-order valence-corrected chi connectivity index (χ4v) is 5.18. The van der Waals surface area contributed by atoms with Gasteiger partial charge in [0.05, 0.1) is 7.11 Å². The molecule has 0 amide bonds. The van der Waals surface area contributed by atoms with E-state index in [2.05, 4.69) is 18.4 Å². The van der Waals surface area contributed by atoms with Crippen LogP contribution in [-0.4, -0.2) is 36.7 Å². The minimum atomic E-state index is -0.318. The maximum atomic E-state index is 13.2. The lowest BCUT2D eigenvalue weighted by atomic mass is 9.71. The average Bonchev–Trinajstić information content (AvgIpc) is 2.78. The van der Waals surface area contributed by atoms with Gasteiger partial charge in [0.15, 0.2) is 23.1 Å². The zero-order valence-electron chi connectivity index (χ0n) is 18.5. The Bertz CT molecular complexity index is 928. The van der Waals surface area contributed by atoms with Gasteiger partial charge in [-0.05, 0) is 49.8 Å². The molecular formula is C26H31NO4. The highest BCUT2D eigenvalue weighted by molar-refractivity contribution is 6.06. The Morgan fingerprint density at radius 3 is 2.23 bits per heavy atom. The molecule has 1 heterocycles. The molecule has 0 radical (unpaired) electrons. The van der Waals surface area contributed by atoms with Crippen molar-refractivity contribution in [2.45, 2.75) is 57.8 Å². The Labute approximate surface area is 184 Å². The molecule has 5 heteroatoms. The summed E-state index contributed by atoms with van der Waals surface area (Å²) in [6, 6.07) is 5.77. The molecule has 3 aliphatic rings. The second-order valence-electron chi connectivity index (χ2n) is 8.37. The highest BCUT2D eigenvalue weighted by Crippen LogP contribution is 2.50. The normalized spacial score (nSPS) is 19.4. The van der Waals surface area contributed by atoms with Crippen LogP contribution in [0.5, 0.6) is 11.5 Å². The first-order valence-corrected chi connectivity index (χ1v) is 11.3. The Balaban J connectivity index is 1.89. The van der Waals surface area contributed by atoms with Crippen molar-refractivity contribution in [2.75, 3.05) is 20.3 Å². The van der Waals surface area contributed by atoms with Gasteiger partial charge < -0.3 is 14.4 Å². The van der Waals surface area contributed by atoms with Crippen molar-refractivity contribution >= 4 is 11.6 Å². The molecule has 0 saturated carbocycles. The third-order valence-corrected chi connectivity index (χ3v) is 6.41. The first kappa shape index (κ1) is 21.4. The Morgan fingerprint density at radius 1 is 1.03 bits per heavy atom. The molecule has 1 aromatic carbocycles. The molecular weight excluding hydrogens is 390 g/mol. The summed E-state index contributed by atoms with van der Waals surface area (Å²) in [5.41, 5.74) is 4.81. The van der Waals surface area contributed by atoms with E-state index in [1.807, 2.05) is 18.2 Å². The van der Waals surface area contributed by atoms with Crippen LogP contribution in [0.1, 0.15) is 63.4 Å². The number of ketones is 2. The third-order valence-electron chi connectivity index (χ3n) is 6.41. The molecule has 164 valence electrons. The lowest BCUT2D eigenvalue weighted by Crippen LogP contribution is -2.39. The second-order valence-corrected chi connectivity index (χ2v) is 8.37. The quantitative estimate of drug-likeness (QED) is 0.575. The predicted octanol–water partition coefficient (Wildman–Crippen LogP) is 5.08. The van der Waals surface area contributed by atoms with E-state index in [0.717, 1.165) is 66.8 Å². The Hall–Kier alpha value is -2.82. The van der Waals surface area contributed by atoms with E-state index in [1.165, 1.54) is 0 Å². The van der Waals surface area contributed by atoms with Crippen LogP contribution in [0.25, 0.3) is 0 Å². The smallest absolute Gasteiger partial charge is 0.161 e. The molecule has 0 atom stereocenters. The molecule has 0 bridgehead atoms. The molecule has 0 spiro atoms. The highest BCUT2D eigenvalue weighted by atomic mass is 16.5. The fourth-order valence-electron chi connectivity index (χ4n) is 5.18. The highest BCUT2D eigenvalue weighted by Gasteiger charge is 2.43. The van der Waals surface area contributed by atoms with Gasteiger partial charge in [-0.3, -0.25) is 9.59 Å². The van der Waals surface area contributed by atoms with Gasteiger partial charge in [-0.2, -0.15) is 0 Å². The molecule has 2 aliphatic carbocycles. The lowest BCUT2D eigenvalue weighted by molar-refractivity contribution is -0.117. The average molecular weight is 422 g/mol. The van der Waals surface area contributed by atoms with Gasteiger partial charge >= 0.3 is 0 Å². The summed E-state index contributed by atoms with van der Waals surface area (Å²) in [7, 11) is 1.61. The molecule has 5 nitrogen and oxygen atoms in total. The molecule has 1 aliphatic heterocycles. The van der Waals surface area contributed by atoms with Crippen LogP contribution in [0.3, 0.4) is 0 Å². The molecule has 0 N–H and O–H groups in total. The monoisotopic (exact) mass is 421 g/mol. The zero-order chi connectivity index (χ0) is 22.0. The van der Waals surface area contributed by atoms with Gasteiger partial charge in [-0.25, -0.2) is 0 Å². The standard InChI is InChI=1S/C26H31NO4/c1-4-14-27-18-8-6-10-20(28)25(18)24(26-19(27)9-7-11-21(26)29)17-12-13-22(31-15-5-2)23(16-17)30-3/h5,12-13,16,24H,2,4,6-11,14-15H2,1,3H3. The van der Waals surface area contributed by atoms with Crippen molar-refractivity contribution in [1.29, 1.82) is 0 Å². The number of nitrogens with zero attached hydrogens (tertiary/aromatic N) is 1. The van der Waals surface area contributed by atoms with Crippen molar-refractivity contribution in [3.63, 3.8) is 0 Å². The number of carbonyl (C=O) groups excluding carboxylic acids is 2. The molecule has 0 fully saturated rings. The topological polar surface area (TPSA) is 55.8 Å².